The summed E-state index contributed by atoms with van der Waals surface area (Å²) in [5, 5.41) is 17.2. The molecule has 0 spiro atoms. The highest BCUT2D eigenvalue weighted by atomic mass is 15.3. The van der Waals surface area contributed by atoms with Gasteiger partial charge in [0.2, 0.25) is 0 Å². The molecule has 7 nitrogen and oxygen atoms in total. The number of anilines is 1. The molecule has 0 amide bonds. The van der Waals surface area contributed by atoms with Gasteiger partial charge in [-0.3, -0.25) is 4.68 Å². The van der Waals surface area contributed by atoms with E-state index in [2.05, 4.69) is 37.0 Å². The maximum Gasteiger partial charge on any atom is 0.0991 e. The summed E-state index contributed by atoms with van der Waals surface area (Å²) in [7, 11) is 2.02. The Balaban J connectivity index is 1.51. The first-order chi connectivity index (χ1) is 13.2. The lowest BCUT2D eigenvalue weighted by atomic mass is 9.96. The van der Waals surface area contributed by atoms with Gasteiger partial charge in [0, 0.05) is 50.5 Å². The van der Waals surface area contributed by atoms with Crippen LogP contribution in [0.25, 0.3) is 0 Å². The van der Waals surface area contributed by atoms with E-state index in [0.29, 0.717) is 11.6 Å². The molecule has 0 bridgehead atoms. The Morgan fingerprint density at radius 2 is 2.30 bits per heavy atom. The molecule has 1 aromatic carbocycles. The third-order valence-electron chi connectivity index (χ3n) is 5.06. The molecule has 1 atom stereocenters. The molecule has 4 rings (SSSR count). The largest absolute Gasteiger partial charge is 0.364 e. The van der Waals surface area contributed by atoms with E-state index in [-0.39, 0.29) is 0 Å². The van der Waals surface area contributed by atoms with Crippen LogP contribution in [0.5, 0.6) is 0 Å². The Kier molecular flexibility index (Phi) is 4.90. The van der Waals surface area contributed by atoms with Crippen molar-refractivity contribution >= 4 is 5.69 Å². The molecule has 1 N–H and O–H groups in total. The second-order valence-electron chi connectivity index (χ2n) is 6.96. The Morgan fingerprint density at radius 1 is 1.37 bits per heavy atom. The van der Waals surface area contributed by atoms with E-state index >= 15 is 0 Å². The van der Waals surface area contributed by atoms with Crippen molar-refractivity contribution in [2.24, 2.45) is 7.05 Å². The van der Waals surface area contributed by atoms with Gasteiger partial charge in [-0.15, -0.1) is 0 Å². The minimum absolute atomic E-state index is 0.329. The lowest BCUT2D eigenvalue weighted by Gasteiger charge is -2.36. The van der Waals surface area contributed by atoms with E-state index in [1.165, 1.54) is 16.9 Å². The summed E-state index contributed by atoms with van der Waals surface area (Å²) >= 11 is 0. The Labute approximate surface area is 158 Å². The number of aromatic nitrogens is 4. The minimum atomic E-state index is 0.329. The van der Waals surface area contributed by atoms with Gasteiger partial charge in [-0.1, -0.05) is 0 Å². The molecule has 1 aliphatic heterocycles. The second-order valence-corrected chi connectivity index (χ2v) is 6.96. The van der Waals surface area contributed by atoms with Crippen LogP contribution in [0.3, 0.4) is 0 Å². The zero-order valence-electron chi connectivity index (χ0n) is 15.4. The fraction of sp³-hybridized carbons (Fsp3) is 0.350. The lowest BCUT2D eigenvalue weighted by molar-refractivity contribution is 0.452. The third kappa shape index (κ3) is 3.86. The average Bonchev–Trinajstić information content (AvgIpc) is 3.33. The summed E-state index contributed by atoms with van der Waals surface area (Å²) in [5.41, 5.74) is 4.31. The van der Waals surface area contributed by atoms with Crippen LogP contribution in [0.2, 0.25) is 0 Å². The van der Waals surface area contributed by atoms with E-state index in [0.717, 1.165) is 32.6 Å². The maximum atomic E-state index is 9.26. The van der Waals surface area contributed by atoms with Gasteiger partial charge in [-0.2, -0.15) is 10.4 Å². The molecule has 0 aliphatic carbocycles. The quantitative estimate of drug-likeness (QED) is 0.723. The molecule has 138 valence electrons. The van der Waals surface area contributed by atoms with Crippen LogP contribution >= 0.6 is 0 Å². The van der Waals surface area contributed by atoms with Gasteiger partial charge in [0.05, 0.1) is 36.7 Å². The number of benzene rings is 1. The first-order valence-electron chi connectivity index (χ1n) is 9.17. The van der Waals surface area contributed by atoms with Crippen LogP contribution in [0.15, 0.2) is 49.2 Å². The molecule has 0 saturated carbocycles. The van der Waals surface area contributed by atoms with E-state index in [9.17, 15) is 5.26 Å². The average molecular weight is 361 g/mol. The summed E-state index contributed by atoms with van der Waals surface area (Å²) in [6.07, 6.45) is 8.45. The van der Waals surface area contributed by atoms with Crippen LogP contribution in [-0.4, -0.2) is 38.5 Å². The third-order valence-corrected chi connectivity index (χ3v) is 5.06. The van der Waals surface area contributed by atoms with Gasteiger partial charge in [0.25, 0.3) is 0 Å². The number of hydrogen-bond acceptors (Lipinski definition) is 5. The minimum Gasteiger partial charge on any atom is -0.364 e. The van der Waals surface area contributed by atoms with Crippen molar-refractivity contribution in [3.63, 3.8) is 0 Å². The SMILES string of the molecule is Cn1cncc1CN1CC(NCCn2cccn2)Cc2cc(C#N)ccc21. The van der Waals surface area contributed by atoms with Crippen molar-refractivity contribution in [1.29, 1.82) is 5.26 Å². The van der Waals surface area contributed by atoms with Gasteiger partial charge < -0.3 is 14.8 Å². The summed E-state index contributed by atoms with van der Waals surface area (Å²) < 4.78 is 3.99. The van der Waals surface area contributed by atoms with Crippen molar-refractivity contribution in [3.05, 3.63) is 66.0 Å². The van der Waals surface area contributed by atoms with Crippen molar-refractivity contribution < 1.29 is 0 Å². The van der Waals surface area contributed by atoms with Crippen molar-refractivity contribution in [1.82, 2.24) is 24.6 Å². The number of rotatable bonds is 6. The zero-order valence-corrected chi connectivity index (χ0v) is 15.4. The number of nitriles is 1. The van der Waals surface area contributed by atoms with Crippen LogP contribution in [0, 0.1) is 11.3 Å². The molecule has 1 unspecified atom stereocenters. The van der Waals surface area contributed by atoms with Crippen LogP contribution in [0.4, 0.5) is 5.69 Å². The smallest absolute Gasteiger partial charge is 0.0991 e. The van der Waals surface area contributed by atoms with Gasteiger partial charge in [-0.25, -0.2) is 4.98 Å². The number of fused-ring (bicyclic) bond motifs is 1. The second kappa shape index (κ2) is 7.64. The number of hydrogen-bond donors (Lipinski definition) is 1. The fourth-order valence-corrected chi connectivity index (χ4v) is 3.66. The summed E-state index contributed by atoms with van der Waals surface area (Å²) in [6.45, 7) is 3.42. The van der Waals surface area contributed by atoms with Crippen molar-refractivity contribution in [3.8, 4) is 6.07 Å². The van der Waals surface area contributed by atoms with Gasteiger partial charge >= 0.3 is 0 Å². The standard InChI is InChI=1S/C20H23N7/c1-25-15-22-12-19(25)14-26-13-18(23-6-8-27-7-2-5-24-27)10-17-9-16(11-21)3-4-20(17)26/h2-5,7,9,12,15,18,23H,6,8,10,13-14H2,1H3. The molecule has 1 aliphatic rings. The molecule has 2 aromatic heterocycles. The summed E-state index contributed by atoms with van der Waals surface area (Å²) in [5.74, 6) is 0. The number of nitrogens with one attached hydrogen (secondary N) is 1. The predicted octanol–water partition coefficient (Wildman–Crippen LogP) is 1.71. The van der Waals surface area contributed by atoms with E-state index < -0.39 is 0 Å². The van der Waals surface area contributed by atoms with E-state index in [4.69, 9.17) is 0 Å². The van der Waals surface area contributed by atoms with Crippen LogP contribution in [-0.2, 0) is 26.6 Å². The lowest BCUT2D eigenvalue weighted by Crippen LogP contribution is -2.47. The molecule has 27 heavy (non-hydrogen) atoms. The fourth-order valence-electron chi connectivity index (χ4n) is 3.66. The first kappa shape index (κ1) is 17.3. The predicted molar refractivity (Wildman–Crippen MR) is 103 cm³/mol. The Hall–Kier alpha value is -3.11. The highest BCUT2D eigenvalue weighted by molar-refractivity contribution is 5.59. The van der Waals surface area contributed by atoms with Gasteiger partial charge in [0.1, 0.15) is 0 Å². The molecular formula is C20H23N7. The first-order valence-corrected chi connectivity index (χ1v) is 9.17. The highest BCUT2D eigenvalue weighted by Gasteiger charge is 2.25. The topological polar surface area (TPSA) is 74.7 Å². The number of aryl methyl sites for hydroxylation is 1. The van der Waals surface area contributed by atoms with Gasteiger partial charge in [-0.05, 0) is 36.2 Å². The number of nitrogens with zero attached hydrogens (tertiary/aromatic N) is 6. The molecule has 0 fully saturated rings. The molecule has 7 heteroatoms. The van der Waals surface area contributed by atoms with Crippen LogP contribution in [0.1, 0.15) is 16.8 Å². The summed E-state index contributed by atoms with van der Waals surface area (Å²) in [4.78, 5) is 6.61. The highest BCUT2D eigenvalue weighted by Crippen LogP contribution is 2.29. The van der Waals surface area contributed by atoms with Crippen molar-refractivity contribution in [2.75, 3.05) is 18.0 Å². The molecule has 0 saturated heterocycles. The molecule has 3 heterocycles. The molecule has 0 radical (unpaired) electrons. The van der Waals surface area contributed by atoms with Crippen molar-refractivity contribution in [2.45, 2.75) is 25.6 Å². The monoisotopic (exact) mass is 361 g/mol. The number of imidazole rings is 1. The zero-order chi connectivity index (χ0) is 18.6. The van der Waals surface area contributed by atoms with Crippen LogP contribution < -0.4 is 10.2 Å². The normalized spacial score (nSPS) is 16.1. The maximum absolute atomic E-state index is 9.26. The van der Waals surface area contributed by atoms with Gasteiger partial charge in [0.15, 0.2) is 0 Å². The molecule has 3 aromatic rings. The Morgan fingerprint density at radius 3 is 3.04 bits per heavy atom. The Bertz CT molecular complexity index is 936. The molecular weight excluding hydrogens is 338 g/mol. The van der Waals surface area contributed by atoms with E-state index in [1.807, 2.05) is 48.6 Å². The van der Waals surface area contributed by atoms with E-state index in [1.54, 1.807) is 6.20 Å². The summed E-state index contributed by atoms with van der Waals surface area (Å²) in [6, 6.07) is 10.5.